The molecule has 0 saturated carbocycles. The van der Waals surface area contributed by atoms with Gasteiger partial charge in [0.15, 0.2) is 6.29 Å². The molecular formula is C14H29O2. The highest BCUT2D eigenvalue weighted by Gasteiger charge is 2.09. The molecule has 0 aromatic rings. The van der Waals surface area contributed by atoms with Crippen molar-refractivity contribution in [2.24, 2.45) is 11.8 Å². The van der Waals surface area contributed by atoms with Crippen LogP contribution in [0.4, 0.5) is 0 Å². The summed E-state index contributed by atoms with van der Waals surface area (Å²) < 4.78 is 5.30. The number of hydrogen-bond donors (Lipinski definition) is 0. The fourth-order valence-corrected chi connectivity index (χ4v) is 1.75. The summed E-state index contributed by atoms with van der Waals surface area (Å²) in [6.45, 7) is 9.41. The summed E-state index contributed by atoms with van der Waals surface area (Å²) in [7, 11) is 0. The minimum absolute atomic E-state index is 0.635. The van der Waals surface area contributed by atoms with Crippen LogP contribution in [0.25, 0.3) is 0 Å². The molecule has 0 rings (SSSR count). The molecule has 0 spiro atoms. The molecule has 0 N–H and O–H groups in total. The Morgan fingerprint density at radius 1 is 0.938 bits per heavy atom. The topological polar surface area (TPSA) is 29.1 Å². The standard InChI is InChI=1S/C14H29O2/c1-5-7-13(4)10-11-16-14(15)9-8-12(3)6-2/h12-14H,5-11H2,1-4H3. The first-order chi connectivity index (χ1) is 7.60. The van der Waals surface area contributed by atoms with Crippen molar-refractivity contribution >= 4 is 0 Å². The SMILES string of the molecule is CCCC(C)CCOC([O])CCC(C)CC. The molecule has 2 nitrogen and oxygen atoms in total. The Bertz CT molecular complexity index is 148. The molecule has 0 amide bonds. The molecule has 0 fully saturated rings. The smallest absolute Gasteiger partial charge is 0.191 e. The van der Waals surface area contributed by atoms with Crippen molar-refractivity contribution in [1.29, 1.82) is 0 Å². The summed E-state index contributed by atoms with van der Waals surface area (Å²) in [6, 6.07) is 0. The maximum absolute atomic E-state index is 11.5. The van der Waals surface area contributed by atoms with Gasteiger partial charge in [-0.2, -0.15) is 0 Å². The van der Waals surface area contributed by atoms with Crippen LogP contribution in [-0.2, 0) is 9.84 Å². The largest absolute Gasteiger partial charge is 0.350 e. The predicted molar refractivity (Wildman–Crippen MR) is 67.8 cm³/mol. The Morgan fingerprint density at radius 3 is 2.19 bits per heavy atom. The molecule has 0 heterocycles. The van der Waals surface area contributed by atoms with Gasteiger partial charge >= 0.3 is 0 Å². The normalized spacial score (nSPS) is 17.1. The molecule has 0 aromatic carbocycles. The molecule has 97 valence electrons. The summed E-state index contributed by atoms with van der Waals surface area (Å²) in [6.07, 6.45) is 5.49. The Kier molecular flexibility index (Phi) is 10.0. The monoisotopic (exact) mass is 229 g/mol. The van der Waals surface area contributed by atoms with Gasteiger partial charge in [0, 0.05) is 6.42 Å². The second-order valence-electron chi connectivity index (χ2n) is 5.07. The lowest BCUT2D eigenvalue weighted by molar-refractivity contribution is -0.147. The first kappa shape index (κ1) is 15.9. The Morgan fingerprint density at radius 2 is 1.62 bits per heavy atom. The van der Waals surface area contributed by atoms with Gasteiger partial charge in [0.2, 0.25) is 0 Å². The Hall–Kier alpha value is -0.0800. The summed E-state index contributed by atoms with van der Waals surface area (Å²) in [5, 5.41) is 11.5. The third-order valence-corrected chi connectivity index (χ3v) is 3.29. The van der Waals surface area contributed by atoms with Crippen LogP contribution in [-0.4, -0.2) is 12.9 Å². The molecule has 2 heteroatoms. The second kappa shape index (κ2) is 10.1. The second-order valence-corrected chi connectivity index (χ2v) is 5.07. The van der Waals surface area contributed by atoms with E-state index in [0.29, 0.717) is 24.9 Å². The van der Waals surface area contributed by atoms with Crippen molar-refractivity contribution in [2.75, 3.05) is 6.61 Å². The van der Waals surface area contributed by atoms with Crippen molar-refractivity contribution in [3.63, 3.8) is 0 Å². The van der Waals surface area contributed by atoms with Crippen LogP contribution in [0.2, 0.25) is 0 Å². The minimum Gasteiger partial charge on any atom is -0.350 e. The zero-order chi connectivity index (χ0) is 12.4. The Balaban J connectivity index is 3.39. The lowest BCUT2D eigenvalue weighted by atomic mass is 10.0. The van der Waals surface area contributed by atoms with E-state index in [0.717, 1.165) is 19.3 Å². The van der Waals surface area contributed by atoms with E-state index in [-0.39, 0.29) is 0 Å². The molecular weight excluding hydrogens is 200 g/mol. The molecule has 3 atom stereocenters. The van der Waals surface area contributed by atoms with Crippen molar-refractivity contribution in [3.05, 3.63) is 0 Å². The zero-order valence-electron chi connectivity index (χ0n) is 11.5. The molecule has 1 radical (unpaired) electrons. The van der Waals surface area contributed by atoms with Crippen molar-refractivity contribution in [1.82, 2.24) is 0 Å². The van der Waals surface area contributed by atoms with Gasteiger partial charge in [-0.15, -0.1) is 0 Å². The first-order valence-electron chi connectivity index (χ1n) is 6.87. The van der Waals surface area contributed by atoms with Gasteiger partial charge in [0.1, 0.15) is 0 Å². The van der Waals surface area contributed by atoms with E-state index in [1.165, 1.54) is 12.8 Å². The van der Waals surface area contributed by atoms with Crippen LogP contribution in [0.15, 0.2) is 0 Å². The fourth-order valence-electron chi connectivity index (χ4n) is 1.75. The van der Waals surface area contributed by atoms with Crippen molar-refractivity contribution in [3.8, 4) is 0 Å². The van der Waals surface area contributed by atoms with E-state index in [9.17, 15) is 5.11 Å². The summed E-state index contributed by atoms with van der Waals surface area (Å²) >= 11 is 0. The lowest BCUT2D eigenvalue weighted by Gasteiger charge is -2.14. The minimum atomic E-state index is -0.803. The lowest BCUT2D eigenvalue weighted by Crippen LogP contribution is -2.14. The maximum Gasteiger partial charge on any atom is 0.191 e. The average Bonchev–Trinajstić information content (AvgIpc) is 2.26. The summed E-state index contributed by atoms with van der Waals surface area (Å²) in [5.41, 5.74) is 0. The molecule has 0 saturated heterocycles. The maximum atomic E-state index is 11.5. The fraction of sp³-hybridized carbons (Fsp3) is 1.00. The number of hydrogen-bond acceptors (Lipinski definition) is 1. The van der Waals surface area contributed by atoms with Crippen molar-refractivity contribution < 1.29 is 9.84 Å². The van der Waals surface area contributed by atoms with E-state index in [2.05, 4.69) is 27.7 Å². The quantitative estimate of drug-likeness (QED) is 0.510. The molecule has 16 heavy (non-hydrogen) atoms. The van der Waals surface area contributed by atoms with Crippen LogP contribution >= 0.6 is 0 Å². The van der Waals surface area contributed by atoms with E-state index >= 15 is 0 Å². The molecule has 0 aliphatic rings. The van der Waals surface area contributed by atoms with Gasteiger partial charge in [-0.05, 0) is 24.7 Å². The number of rotatable bonds is 10. The van der Waals surface area contributed by atoms with Crippen LogP contribution in [0.3, 0.4) is 0 Å². The van der Waals surface area contributed by atoms with Gasteiger partial charge in [0.25, 0.3) is 0 Å². The Labute approximate surface area is 101 Å². The third-order valence-electron chi connectivity index (χ3n) is 3.29. The first-order valence-corrected chi connectivity index (χ1v) is 6.87. The highest BCUT2D eigenvalue weighted by Crippen LogP contribution is 2.14. The highest BCUT2D eigenvalue weighted by atomic mass is 16.6. The molecule has 0 aliphatic carbocycles. The summed E-state index contributed by atoms with van der Waals surface area (Å²) in [4.78, 5) is 0. The van der Waals surface area contributed by atoms with Gasteiger partial charge in [-0.25, -0.2) is 5.11 Å². The third kappa shape index (κ3) is 9.17. The van der Waals surface area contributed by atoms with E-state index in [1.54, 1.807) is 0 Å². The van der Waals surface area contributed by atoms with Crippen LogP contribution < -0.4 is 0 Å². The average molecular weight is 229 g/mol. The molecule has 3 unspecified atom stereocenters. The van der Waals surface area contributed by atoms with Gasteiger partial charge < -0.3 is 4.74 Å². The predicted octanol–water partition coefficient (Wildman–Crippen LogP) is 4.41. The molecule has 0 bridgehead atoms. The van der Waals surface area contributed by atoms with Gasteiger partial charge in [-0.3, -0.25) is 0 Å². The molecule has 0 aliphatic heterocycles. The van der Waals surface area contributed by atoms with E-state index < -0.39 is 6.29 Å². The zero-order valence-corrected chi connectivity index (χ0v) is 11.5. The van der Waals surface area contributed by atoms with E-state index in [4.69, 9.17) is 4.74 Å². The highest BCUT2D eigenvalue weighted by molar-refractivity contribution is 4.54. The summed E-state index contributed by atoms with van der Waals surface area (Å²) in [5.74, 6) is 1.34. The van der Waals surface area contributed by atoms with Crippen LogP contribution in [0.5, 0.6) is 0 Å². The molecule has 0 aromatic heterocycles. The number of ether oxygens (including phenoxy) is 1. The van der Waals surface area contributed by atoms with Gasteiger partial charge in [-0.1, -0.05) is 47.0 Å². The van der Waals surface area contributed by atoms with Gasteiger partial charge in [0.05, 0.1) is 6.61 Å². The van der Waals surface area contributed by atoms with Crippen molar-refractivity contribution in [2.45, 2.75) is 72.5 Å². The van der Waals surface area contributed by atoms with Crippen LogP contribution in [0.1, 0.15) is 66.2 Å². The van der Waals surface area contributed by atoms with E-state index in [1.807, 2.05) is 0 Å². The van der Waals surface area contributed by atoms with Crippen LogP contribution in [0, 0.1) is 11.8 Å².